The van der Waals surface area contributed by atoms with Gasteiger partial charge >= 0.3 is 10.1 Å². The number of nitrogens with one attached hydrogen (secondary N) is 1. The predicted molar refractivity (Wildman–Crippen MR) is 90.0 cm³/mol. The van der Waals surface area contributed by atoms with Gasteiger partial charge in [-0.15, -0.1) is 0 Å². The first-order chi connectivity index (χ1) is 11.9. The fourth-order valence-electron chi connectivity index (χ4n) is 3.35. The molecule has 0 amide bonds. The van der Waals surface area contributed by atoms with Crippen molar-refractivity contribution in [2.75, 3.05) is 13.1 Å². The highest BCUT2D eigenvalue weighted by molar-refractivity contribution is 7.87. The highest BCUT2D eigenvalue weighted by Gasteiger charge is 2.36. The van der Waals surface area contributed by atoms with Crippen molar-refractivity contribution in [2.24, 2.45) is 0 Å². The largest absolute Gasteiger partial charge is 0.488 e. The predicted octanol–water partition coefficient (Wildman–Crippen LogP) is 2.74. The highest BCUT2D eigenvalue weighted by Crippen LogP contribution is 2.43. The van der Waals surface area contributed by atoms with Gasteiger partial charge in [0.25, 0.3) is 0 Å². The van der Waals surface area contributed by atoms with Crippen molar-refractivity contribution in [1.82, 2.24) is 5.32 Å². The highest BCUT2D eigenvalue weighted by atomic mass is 32.2. The molecule has 0 saturated carbocycles. The van der Waals surface area contributed by atoms with E-state index >= 15 is 0 Å². The van der Waals surface area contributed by atoms with Crippen LogP contribution in [-0.2, 0) is 10.1 Å². The van der Waals surface area contributed by atoms with Crippen LogP contribution in [0.25, 0.3) is 0 Å². The zero-order valence-corrected chi connectivity index (χ0v) is 14.5. The number of halogens is 1. The summed E-state index contributed by atoms with van der Waals surface area (Å²) in [5.74, 6) is 0.635. The number of hydrogen-bond donors (Lipinski definition) is 1. The Morgan fingerprint density at radius 3 is 2.88 bits per heavy atom. The molecule has 2 atom stereocenters. The second kappa shape index (κ2) is 6.00. The number of rotatable bonds is 3. The van der Waals surface area contributed by atoms with E-state index < -0.39 is 15.9 Å². The monoisotopic (exact) mass is 363 g/mol. The third-order valence-electron chi connectivity index (χ3n) is 4.72. The number of ether oxygens (including phenoxy) is 1. The molecule has 0 bridgehead atoms. The van der Waals surface area contributed by atoms with E-state index in [1.807, 2.05) is 0 Å². The summed E-state index contributed by atoms with van der Waals surface area (Å²) in [5.41, 5.74) is 1.35. The lowest BCUT2D eigenvalue weighted by Crippen LogP contribution is -2.39. The van der Waals surface area contributed by atoms with Crippen LogP contribution in [0.4, 0.5) is 4.39 Å². The van der Waals surface area contributed by atoms with Gasteiger partial charge in [-0.1, -0.05) is 6.07 Å². The van der Waals surface area contributed by atoms with Crippen LogP contribution >= 0.6 is 0 Å². The molecule has 7 heteroatoms. The number of benzene rings is 2. The maximum Gasteiger partial charge on any atom is 0.339 e. The molecule has 2 heterocycles. The zero-order chi connectivity index (χ0) is 17.6. The Morgan fingerprint density at radius 2 is 2.08 bits per heavy atom. The minimum atomic E-state index is -4.09. The zero-order valence-electron chi connectivity index (χ0n) is 13.7. The van der Waals surface area contributed by atoms with Gasteiger partial charge in [0, 0.05) is 18.0 Å². The van der Waals surface area contributed by atoms with E-state index in [0.717, 1.165) is 36.9 Å². The summed E-state index contributed by atoms with van der Waals surface area (Å²) in [6.45, 7) is 3.25. The van der Waals surface area contributed by atoms with Gasteiger partial charge in [-0.05, 0) is 55.8 Å². The molecular weight excluding hydrogens is 345 g/mol. The van der Waals surface area contributed by atoms with E-state index in [-0.39, 0.29) is 22.7 Å². The maximum absolute atomic E-state index is 13.7. The molecule has 2 aliphatic rings. The van der Waals surface area contributed by atoms with E-state index in [2.05, 4.69) is 5.32 Å². The number of aryl methyl sites for hydroxylation is 1. The van der Waals surface area contributed by atoms with Gasteiger partial charge in [0.1, 0.15) is 28.3 Å². The lowest BCUT2D eigenvalue weighted by molar-refractivity contribution is 0.177. The van der Waals surface area contributed by atoms with Gasteiger partial charge in [-0.25, -0.2) is 4.39 Å². The van der Waals surface area contributed by atoms with Crippen LogP contribution in [0.5, 0.6) is 11.5 Å². The van der Waals surface area contributed by atoms with Crippen molar-refractivity contribution in [3.05, 3.63) is 53.3 Å². The molecule has 25 heavy (non-hydrogen) atoms. The Morgan fingerprint density at radius 1 is 1.24 bits per heavy atom. The summed E-state index contributed by atoms with van der Waals surface area (Å²) in [6.07, 6.45) is 0.999. The first-order valence-corrected chi connectivity index (χ1v) is 9.57. The van der Waals surface area contributed by atoms with Crippen molar-refractivity contribution in [2.45, 2.75) is 30.3 Å². The molecule has 2 unspecified atom stereocenters. The summed E-state index contributed by atoms with van der Waals surface area (Å²) >= 11 is 0. The lowest BCUT2D eigenvalue weighted by Gasteiger charge is -2.24. The van der Waals surface area contributed by atoms with Crippen LogP contribution in [0, 0.1) is 12.7 Å². The number of fused-ring (bicyclic) bond motifs is 3. The van der Waals surface area contributed by atoms with Crippen molar-refractivity contribution in [3.8, 4) is 11.5 Å². The molecule has 4 rings (SSSR count). The first-order valence-electron chi connectivity index (χ1n) is 8.16. The summed E-state index contributed by atoms with van der Waals surface area (Å²) in [7, 11) is -4.09. The SMILES string of the molecule is Cc1ccc(S(=O)(=O)Oc2ccc3c(c2)C2CCNCC2O3)cc1F. The van der Waals surface area contributed by atoms with Gasteiger partial charge in [0.15, 0.2) is 0 Å². The van der Waals surface area contributed by atoms with Crippen LogP contribution < -0.4 is 14.2 Å². The van der Waals surface area contributed by atoms with Crippen LogP contribution in [0.3, 0.4) is 0 Å². The molecule has 2 aliphatic heterocycles. The number of piperidine rings is 1. The van der Waals surface area contributed by atoms with Crippen molar-refractivity contribution in [1.29, 1.82) is 0 Å². The summed E-state index contributed by atoms with van der Waals surface area (Å²) in [5, 5.41) is 3.29. The van der Waals surface area contributed by atoms with Crippen molar-refractivity contribution in [3.63, 3.8) is 0 Å². The second-order valence-electron chi connectivity index (χ2n) is 6.40. The van der Waals surface area contributed by atoms with Gasteiger partial charge < -0.3 is 14.2 Å². The maximum atomic E-state index is 13.7. The Balaban J connectivity index is 1.62. The van der Waals surface area contributed by atoms with Crippen molar-refractivity contribution < 1.29 is 21.7 Å². The van der Waals surface area contributed by atoms with Gasteiger partial charge in [0.05, 0.1) is 0 Å². The molecule has 5 nitrogen and oxygen atoms in total. The molecule has 0 spiro atoms. The first kappa shape index (κ1) is 16.4. The van der Waals surface area contributed by atoms with E-state index in [0.29, 0.717) is 5.56 Å². The molecule has 2 aromatic rings. The Labute approximate surface area is 145 Å². The third kappa shape index (κ3) is 2.98. The molecule has 1 N–H and O–H groups in total. The van der Waals surface area contributed by atoms with Gasteiger partial charge in [-0.2, -0.15) is 8.42 Å². The van der Waals surface area contributed by atoms with E-state index in [1.54, 1.807) is 25.1 Å². The summed E-state index contributed by atoms with van der Waals surface area (Å²) < 4.78 is 49.6. The quantitative estimate of drug-likeness (QED) is 0.850. The molecule has 132 valence electrons. The molecular formula is C18H18FNO4S. The molecule has 1 fully saturated rings. The fraction of sp³-hybridized carbons (Fsp3) is 0.333. The Kier molecular flexibility index (Phi) is 3.92. The van der Waals surface area contributed by atoms with Crippen molar-refractivity contribution >= 4 is 10.1 Å². The van der Waals surface area contributed by atoms with Crippen LogP contribution in [0.2, 0.25) is 0 Å². The van der Waals surface area contributed by atoms with Crippen LogP contribution in [-0.4, -0.2) is 27.6 Å². The third-order valence-corrected chi connectivity index (χ3v) is 5.97. The summed E-state index contributed by atoms with van der Waals surface area (Å²) in [4.78, 5) is -0.202. The smallest absolute Gasteiger partial charge is 0.339 e. The van der Waals surface area contributed by atoms with E-state index in [4.69, 9.17) is 8.92 Å². The summed E-state index contributed by atoms with van der Waals surface area (Å²) in [6, 6.07) is 8.74. The van der Waals surface area contributed by atoms with Crippen LogP contribution in [0.15, 0.2) is 41.3 Å². The van der Waals surface area contributed by atoms with Crippen LogP contribution in [0.1, 0.15) is 23.5 Å². The van der Waals surface area contributed by atoms with Gasteiger partial charge in [0.2, 0.25) is 0 Å². The molecule has 2 aromatic carbocycles. The topological polar surface area (TPSA) is 64.6 Å². The molecule has 0 radical (unpaired) electrons. The average molecular weight is 363 g/mol. The van der Waals surface area contributed by atoms with E-state index in [1.165, 1.54) is 12.1 Å². The Bertz CT molecular complexity index is 929. The fourth-order valence-corrected chi connectivity index (χ4v) is 4.29. The molecule has 0 aromatic heterocycles. The molecule has 1 saturated heterocycles. The average Bonchev–Trinajstić information content (AvgIpc) is 2.95. The Hall–Kier alpha value is -2.12. The normalized spacial score (nSPS) is 22.0. The molecule has 0 aliphatic carbocycles. The standard InChI is InChI=1S/C18H18FNO4S/c1-11-2-4-13(9-16(11)19)25(21,22)24-12-3-5-17-15(8-12)14-6-7-20-10-18(14)23-17/h2-5,8-9,14,18,20H,6-7,10H2,1H3. The number of hydrogen-bond acceptors (Lipinski definition) is 5. The van der Waals surface area contributed by atoms with Gasteiger partial charge in [-0.3, -0.25) is 0 Å². The lowest BCUT2D eigenvalue weighted by atomic mass is 9.90. The second-order valence-corrected chi connectivity index (χ2v) is 7.95. The van der Waals surface area contributed by atoms with E-state index in [9.17, 15) is 12.8 Å². The minimum absolute atomic E-state index is 0.0711. The minimum Gasteiger partial charge on any atom is -0.488 e.